The minimum absolute atomic E-state index is 0.0852. The van der Waals surface area contributed by atoms with Crippen LogP contribution in [0.1, 0.15) is 34.3 Å². The van der Waals surface area contributed by atoms with E-state index in [0.717, 1.165) is 24.0 Å². The average Bonchev–Trinajstić information content (AvgIpc) is 3.15. The van der Waals surface area contributed by atoms with E-state index >= 15 is 0 Å². The van der Waals surface area contributed by atoms with Gasteiger partial charge in [-0.15, -0.1) is 10.2 Å². The van der Waals surface area contributed by atoms with Gasteiger partial charge in [-0.2, -0.15) is 0 Å². The zero-order valence-electron chi connectivity index (χ0n) is 13.6. The van der Waals surface area contributed by atoms with E-state index in [1.165, 1.54) is 35.7 Å². The molecule has 3 aromatic rings. The number of aromatic nitrogens is 3. The maximum atomic E-state index is 12.5. The molecule has 0 saturated carbocycles. The lowest BCUT2D eigenvalue weighted by molar-refractivity contribution is 0.102. The third kappa shape index (κ3) is 3.64. The number of carbonyl (C=O) groups excluding carboxylic acids is 1. The Morgan fingerprint density at radius 1 is 1.04 bits per heavy atom. The smallest absolute Gasteiger partial charge is 0.277 e. The third-order valence-corrected chi connectivity index (χ3v) is 5.15. The second-order valence-corrected chi connectivity index (χ2v) is 6.94. The normalized spacial score (nSPS) is 13.4. The molecule has 0 radical (unpaired) electrons. The number of pyridine rings is 1. The van der Waals surface area contributed by atoms with Crippen LogP contribution in [-0.4, -0.2) is 26.7 Å². The lowest BCUT2D eigenvalue weighted by Crippen LogP contribution is -2.07. The minimum atomic E-state index is 0.0852. The van der Waals surface area contributed by atoms with E-state index in [-0.39, 0.29) is 11.5 Å². The first-order valence-corrected chi connectivity index (χ1v) is 9.30. The summed E-state index contributed by atoms with van der Waals surface area (Å²) < 4.78 is 5.61. The summed E-state index contributed by atoms with van der Waals surface area (Å²) in [5.41, 5.74) is 4.28. The molecule has 126 valence electrons. The van der Waals surface area contributed by atoms with E-state index in [9.17, 15) is 4.79 Å². The van der Waals surface area contributed by atoms with Crippen molar-refractivity contribution < 1.29 is 9.21 Å². The van der Waals surface area contributed by atoms with Crippen LogP contribution in [0.25, 0.3) is 11.5 Å². The highest BCUT2D eigenvalue weighted by atomic mass is 32.2. The fraction of sp³-hybridized carbons (Fsp3) is 0.263. The molecule has 4 rings (SSSR count). The van der Waals surface area contributed by atoms with Gasteiger partial charge in [-0.05, 0) is 55.0 Å². The molecule has 0 saturated heterocycles. The molecule has 1 aromatic carbocycles. The fourth-order valence-electron chi connectivity index (χ4n) is 3.00. The summed E-state index contributed by atoms with van der Waals surface area (Å²) in [5.74, 6) is 0.810. The molecule has 0 bridgehead atoms. The highest BCUT2D eigenvalue weighted by molar-refractivity contribution is 7.99. The molecular weight excluding hydrogens is 334 g/mol. The van der Waals surface area contributed by atoms with Crippen molar-refractivity contribution in [2.45, 2.75) is 30.9 Å². The summed E-state index contributed by atoms with van der Waals surface area (Å²) in [6.45, 7) is 0. The van der Waals surface area contributed by atoms with Crippen LogP contribution in [0.2, 0.25) is 0 Å². The molecule has 0 spiro atoms. The summed E-state index contributed by atoms with van der Waals surface area (Å²) in [7, 11) is 0. The van der Waals surface area contributed by atoms with Crippen LogP contribution in [0, 0.1) is 0 Å². The van der Waals surface area contributed by atoms with Gasteiger partial charge in [-0.3, -0.25) is 9.78 Å². The maximum Gasteiger partial charge on any atom is 0.277 e. The highest BCUT2D eigenvalue weighted by Crippen LogP contribution is 2.25. The average molecular weight is 351 g/mol. The molecule has 2 heterocycles. The summed E-state index contributed by atoms with van der Waals surface area (Å²) in [4.78, 5) is 16.4. The Labute approximate surface area is 149 Å². The molecule has 0 atom stereocenters. The molecule has 1 aliphatic carbocycles. The van der Waals surface area contributed by atoms with Gasteiger partial charge >= 0.3 is 0 Å². The number of rotatable bonds is 5. The first kappa shape index (κ1) is 16.0. The predicted molar refractivity (Wildman–Crippen MR) is 95.7 cm³/mol. The lowest BCUT2D eigenvalue weighted by atomic mass is 9.90. The van der Waals surface area contributed by atoms with Gasteiger partial charge in [0.25, 0.3) is 5.22 Å². The maximum absolute atomic E-state index is 12.5. The molecule has 0 unspecified atom stereocenters. The molecule has 2 aromatic heterocycles. The number of nitrogens with zero attached hydrogens (tertiary/aromatic N) is 3. The first-order valence-electron chi connectivity index (χ1n) is 8.31. The van der Waals surface area contributed by atoms with Crippen LogP contribution >= 0.6 is 11.8 Å². The molecule has 25 heavy (non-hydrogen) atoms. The highest BCUT2D eigenvalue weighted by Gasteiger charge is 2.15. The monoisotopic (exact) mass is 351 g/mol. The van der Waals surface area contributed by atoms with Gasteiger partial charge in [0.2, 0.25) is 5.89 Å². The number of hydrogen-bond donors (Lipinski definition) is 0. The number of benzene rings is 1. The number of fused-ring (bicyclic) bond motifs is 1. The van der Waals surface area contributed by atoms with Crippen LogP contribution in [0.4, 0.5) is 0 Å². The van der Waals surface area contributed by atoms with Crippen molar-refractivity contribution in [1.82, 2.24) is 15.2 Å². The molecule has 1 aliphatic rings. The number of aryl methyl sites for hydroxylation is 2. The Hall–Kier alpha value is -2.47. The summed E-state index contributed by atoms with van der Waals surface area (Å²) >= 11 is 1.27. The Morgan fingerprint density at radius 2 is 1.84 bits per heavy atom. The number of thioether (sulfide) groups is 1. The SMILES string of the molecule is O=C(CSc1nnc(-c2ccncc2)o1)c1ccc2c(c1)CCCC2. The van der Waals surface area contributed by atoms with Gasteiger partial charge in [0.15, 0.2) is 5.78 Å². The zero-order valence-corrected chi connectivity index (χ0v) is 14.5. The second kappa shape index (κ2) is 7.19. The third-order valence-electron chi connectivity index (χ3n) is 4.33. The van der Waals surface area contributed by atoms with E-state index in [1.54, 1.807) is 24.5 Å². The summed E-state index contributed by atoms with van der Waals surface area (Å²) in [6, 6.07) is 9.69. The van der Waals surface area contributed by atoms with Crippen molar-refractivity contribution in [3.8, 4) is 11.5 Å². The van der Waals surface area contributed by atoms with E-state index < -0.39 is 0 Å². The van der Waals surface area contributed by atoms with Crippen molar-refractivity contribution in [1.29, 1.82) is 0 Å². The molecule has 6 heteroatoms. The predicted octanol–water partition coefficient (Wildman–Crippen LogP) is 3.99. The van der Waals surface area contributed by atoms with Gasteiger partial charge < -0.3 is 4.42 Å². The van der Waals surface area contributed by atoms with Gasteiger partial charge in [0, 0.05) is 23.5 Å². The van der Waals surface area contributed by atoms with E-state index in [0.29, 0.717) is 11.1 Å². The Bertz CT molecular complexity index is 893. The van der Waals surface area contributed by atoms with E-state index in [1.807, 2.05) is 12.1 Å². The van der Waals surface area contributed by atoms with E-state index in [4.69, 9.17) is 4.42 Å². The second-order valence-electron chi connectivity index (χ2n) is 6.01. The quantitative estimate of drug-likeness (QED) is 0.511. The van der Waals surface area contributed by atoms with Crippen LogP contribution in [0.5, 0.6) is 0 Å². The van der Waals surface area contributed by atoms with Gasteiger partial charge in [-0.25, -0.2) is 0 Å². The molecule has 0 amide bonds. The van der Waals surface area contributed by atoms with Crippen molar-refractivity contribution in [2.75, 3.05) is 5.75 Å². The molecule has 0 N–H and O–H groups in total. The van der Waals surface area contributed by atoms with Gasteiger partial charge in [0.05, 0.1) is 5.75 Å². The molecule has 5 nitrogen and oxygen atoms in total. The van der Waals surface area contributed by atoms with Crippen LogP contribution in [0.3, 0.4) is 0 Å². The lowest BCUT2D eigenvalue weighted by Gasteiger charge is -2.16. The first-order chi connectivity index (χ1) is 12.3. The Kier molecular flexibility index (Phi) is 4.61. The van der Waals surface area contributed by atoms with E-state index in [2.05, 4.69) is 21.2 Å². The number of ketones is 1. The standard InChI is InChI=1S/C19H17N3O2S/c23-17(16-6-5-13-3-1-2-4-15(13)11-16)12-25-19-22-21-18(24-19)14-7-9-20-10-8-14/h5-11H,1-4,12H2. The Morgan fingerprint density at radius 3 is 2.68 bits per heavy atom. The van der Waals surface area contributed by atoms with Crippen molar-refractivity contribution in [3.63, 3.8) is 0 Å². The van der Waals surface area contributed by atoms with Crippen molar-refractivity contribution >= 4 is 17.5 Å². The Balaban J connectivity index is 1.41. The molecule has 0 fully saturated rings. The van der Waals surface area contributed by atoms with Crippen molar-refractivity contribution in [3.05, 3.63) is 59.4 Å². The fourth-order valence-corrected chi connectivity index (χ4v) is 3.65. The van der Waals surface area contributed by atoms with Crippen LogP contribution in [0.15, 0.2) is 52.4 Å². The molecular formula is C19H17N3O2S. The zero-order chi connectivity index (χ0) is 17.1. The number of Topliss-reactive ketones (excluding diaryl/α,β-unsaturated/α-hetero) is 1. The largest absolute Gasteiger partial charge is 0.411 e. The minimum Gasteiger partial charge on any atom is -0.411 e. The van der Waals surface area contributed by atoms with Gasteiger partial charge in [-0.1, -0.05) is 23.9 Å². The summed E-state index contributed by atoms with van der Waals surface area (Å²) in [5, 5.41) is 8.42. The number of hydrogen-bond acceptors (Lipinski definition) is 6. The van der Waals surface area contributed by atoms with Crippen LogP contribution < -0.4 is 0 Å². The van der Waals surface area contributed by atoms with Crippen molar-refractivity contribution in [2.24, 2.45) is 0 Å². The van der Waals surface area contributed by atoms with Gasteiger partial charge in [0.1, 0.15) is 0 Å². The summed E-state index contributed by atoms with van der Waals surface area (Å²) in [6.07, 6.45) is 7.99. The molecule has 0 aliphatic heterocycles. The topological polar surface area (TPSA) is 68.9 Å². The number of carbonyl (C=O) groups is 1. The van der Waals surface area contributed by atoms with Crippen LogP contribution in [-0.2, 0) is 12.8 Å².